The molecule has 2 aliphatic rings. The summed E-state index contributed by atoms with van der Waals surface area (Å²) in [7, 11) is 0. The normalized spacial score (nSPS) is 31.1. The van der Waals surface area contributed by atoms with E-state index in [0.29, 0.717) is 5.92 Å². The minimum atomic E-state index is -0.152. The number of hydrogen-bond donors (Lipinski definition) is 1. The highest BCUT2D eigenvalue weighted by molar-refractivity contribution is 5.83. The molecule has 18 heavy (non-hydrogen) atoms. The van der Waals surface area contributed by atoms with Gasteiger partial charge in [0.15, 0.2) is 0 Å². The fourth-order valence-corrected chi connectivity index (χ4v) is 3.30. The molecule has 1 aliphatic carbocycles. The zero-order chi connectivity index (χ0) is 12.2. The van der Waals surface area contributed by atoms with Gasteiger partial charge in [-0.3, -0.25) is 0 Å². The number of halogens is 1. The van der Waals surface area contributed by atoms with Crippen LogP contribution >= 0.6 is 0 Å². The lowest BCUT2D eigenvalue weighted by Gasteiger charge is -2.26. The van der Waals surface area contributed by atoms with Gasteiger partial charge in [0.25, 0.3) is 0 Å². The lowest BCUT2D eigenvalue weighted by molar-refractivity contribution is 0.223. The maximum Gasteiger partial charge on any atom is 0.123 e. The van der Waals surface area contributed by atoms with Crippen molar-refractivity contribution in [3.8, 4) is 0 Å². The van der Waals surface area contributed by atoms with Crippen LogP contribution in [0.2, 0.25) is 0 Å². The maximum absolute atomic E-state index is 13.4. The Hall–Kier alpha value is -1.35. The maximum atomic E-state index is 13.4. The third kappa shape index (κ3) is 1.57. The van der Waals surface area contributed by atoms with Gasteiger partial charge in [-0.05, 0) is 55.4 Å². The van der Waals surface area contributed by atoms with Gasteiger partial charge >= 0.3 is 0 Å². The number of ether oxygens (including phenoxy) is 1. The summed E-state index contributed by atoms with van der Waals surface area (Å²) in [4.78, 5) is 3.25. The molecule has 2 heterocycles. The molecule has 1 spiro atoms. The SMILES string of the molecule is Fc1ccc2[nH]cc(C3CCC4(CC3)CO4)c2c1. The molecule has 0 amide bonds. The van der Waals surface area contributed by atoms with Gasteiger partial charge in [0.05, 0.1) is 12.2 Å². The average molecular weight is 245 g/mol. The van der Waals surface area contributed by atoms with E-state index in [-0.39, 0.29) is 11.4 Å². The van der Waals surface area contributed by atoms with Crippen LogP contribution in [0.4, 0.5) is 4.39 Å². The van der Waals surface area contributed by atoms with E-state index in [4.69, 9.17) is 4.74 Å². The number of rotatable bonds is 1. The van der Waals surface area contributed by atoms with Gasteiger partial charge in [-0.1, -0.05) is 0 Å². The van der Waals surface area contributed by atoms with Gasteiger partial charge < -0.3 is 9.72 Å². The fourth-order valence-electron chi connectivity index (χ4n) is 3.30. The van der Waals surface area contributed by atoms with Gasteiger partial charge in [0.1, 0.15) is 5.82 Å². The molecule has 1 N–H and O–H groups in total. The molecule has 4 rings (SSSR count). The van der Waals surface area contributed by atoms with E-state index in [1.807, 2.05) is 6.07 Å². The number of aromatic nitrogens is 1. The summed E-state index contributed by atoms with van der Waals surface area (Å²) in [5, 5.41) is 1.05. The highest BCUT2D eigenvalue weighted by Crippen LogP contribution is 2.47. The molecular weight excluding hydrogens is 229 g/mol. The van der Waals surface area contributed by atoms with Crippen LogP contribution in [0, 0.1) is 5.82 Å². The van der Waals surface area contributed by atoms with Crippen LogP contribution in [0.15, 0.2) is 24.4 Å². The Labute approximate surface area is 105 Å². The molecule has 0 radical (unpaired) electrons. The Bertz CT molecular complexity index is 590. The molecule has 2 nitrogen and oxygen atoms in total. The topological polar surface area (TPSA) is 28.3 Å². The molecule has 1 aromatic heterocycles. The van der Waals surface area contributed by atoms with Crippen molar-refractivity contribution in [3.05, 3.63) is 35.8 Å². The Morgan fingerprint density at radius 3 is 2.78 bits per heavy atom. The lowest BCUT2D eigenvalue weighted by atomic mass is 9.79. The Morgan fingerprint density at radius 1 is 1.28 bits per heavy atom. The Kier molecular flexibility index (Phi) is 2.10. The summed E-state index contributed by atoms with van der Waals surface area (Å²) in [5.41, 5.74) is 2.54. The second-order valence-corrected chi connectivity index (χ2v) is 5.68. The van der Waals surface area contributed by atoms with Crippen molar-refractivity contribution in [2.24, 2.45) is 0 Å². The van der Waals surface area contributed by atoms with E-state index >= 15 is 0 Å². The van der Waals surface area contributed by atoms with Crippen LogP contribution < -0.4 is 0 Å². The number of benzene rings is 1. The van der Waals surface area contributed by atoms with Crippen molar-refractivity contribution in [3.63, 3.8) is 0 Å². The first-order valence-electron chi connectivity index (χ1n) is 6.66. The van der Waals surface area contributed by atoms with Crippen molar-refractivity contribution >= 4 is 10.9 Å². The van der Waals surface area contributed by atoms with E-state index in [1.165, 1.54) is 11.6 Å². The van der Waals surface area contributed by atoms with Crippen LogP contribution in [0.5, 0.6) is 0 Å². The highest BCUT2D eigenvalue weighted by atomic mass is 19.1. The summed E-state index contributed by atoms with van der Waals surface area (Å²) in [6.45, 7) is 0.947. The van der Waals surface area contributed by atoms with E-state index in [0.717, 1.165) is 43.2 Å². The third-order valence-corrected chi connectivity index (χ3v) is 4.57. The molecule has 1 aliphatic heterocycles. The standard InChI is InChI=1S/C15H16FNO/c16-11-1-2-14-12(7-11)13(8-17-14)10-3-5-15(6-4-10)9-18-15/h1-2,7-8,10,17H,3-6,9H2. The summed E-state index contributed by atoms with van der Waals surface area (Å²) in [6, 6.07) is 4.98. The van der Waals surface area contributed by atoms with Crippen LogP contribution in [-0.4, -0.2) is 17.2 Å². The number of H-pyrrole nitrogens is 1. The molecule has 3 heteroatoms. The van der Waals surface area contributed by atoms with Gasteiger partial charge in [0, 0.05) is 17.1 Å². The first-order valence-corrected chi connectivity index (χ1v) is 6.66. The summed E-state index contributed by atoms with van der Waals surface area (Å²) < 4.78 is 18.9. The predicted octanol–water partition coefficient (Wildman–Crippen LogP) is 3.73. The second kappa shape index (κ2) is 3.58. The minimum Gasteiger partial charge on any atom is -0.370 e. The van der Waals surface area contributed by atoms with Crippen LogP contribution in [0.25, 0.3) is 10.9 Å². The quantitative estimate of drug-likeness (QED) is 0.762. The molecule has 0 atom stereocenters. The predicted molar refractivity (Wildman–Crippen MR) is 68.1 cm³/mol. The number of hydrogen-bond acceptors (Lipinski definition) is 1. The smallest absolute Gasteiger partial charge is 0.123 e. The van der Waals surface area contributed by atoms with Gasteiger partial charge in [-0.2, -0.15) is 0 Å². The van der Waals surface area contributed by atoms with Crippen LogP contribution in [-0.2, 0) is 4.74 Å². The lowest BCUT2D eigenvalue weighted by Crippen LogP contribution is -2.20. The monoisotopic (exact) mass is 245 g/mol. The van der Waals surface area contributed by atoms with Gasteiger partial charge in [0.2, 0.25) is 0 Å². The van der Waals surface area contributed by atoms with E-state index in [2.05, 4.69) is 11.2 Å². The Balaban J connectivity index is 1.67. The van der Waals surface area contributed by atoms with Gasteiger partial charge in [-0.15, -0.1) is 0 Å². The first-order chi connectivity index (χ1) is 8.76. The number of aromatic amines is 1. The average Bonchev–Trinajstić information content (AvgIpc) is 3.00. The van der Waals surface area contributed by atoms with E-state index < -0.39 is 0 Å². The third-order valence-electron chi connectivity index (χ3n) is 4.57. The largest absolute Gasteiger partial charge is 0.370 e. The molecular formula is C15H16FNO. The summed E-state index contributed by atoms with van der Waals surface area (Å²) >= 11 is 0. The highest BCUT2D eigenvalue weighted by Gasteiger charge is 2.47. The molecule has 2 fully saturated rings. The van der Waals surface area contributed by atoms with Crippen molar-refractivity contribution < 1.29 is 9.13 Å². The second-order valence-electron chi connectivity index (χ2n) is 5.68. The Morgan fingerprint density at radius 2 is 2.06 bits per heavy atom. The molecule has 0 unspecified atom stereocenters. The molecule has 94 valence electrons. The van der Waals surface area contributed by atoms with E-state index in [9.17, 15) is 4.39 Å². The minimum absolute atomic E-state index is 0.152. The number of epoxide rings is 1. The fraction of sp³-hybridized carbons (Fsp3) is 0.467. The van der Waals surface area contributed by atoms with Crippen molar-refractivity contribution in [1.82, 2.24) is 4.98 Å². The molecule has 1 saturated heterocycles. The first kappa shape index (κ1) is 10.6. The van der Waals surface area contributed by atoms with Crippen molar-refractivity contribution in [2.45, 2.75) is 37.2 Å². The summed E-state index contributed by atoms with van der Waals surface area (Å²) in [6.07, 6.45) is 6.67. The van der Waals surface area contributed by atoms with Crippen LogP contribution in [0.3, 0.4) is 0 Å². The number of nitrogens with one attached hydrogen (secondary N) is 1. The van der Waals surface area contributed by atoms with Gasteiger partial charge in [-0.25, -0.2) is 4.39 Å². The van der Waals surface area contributed by atoms with Crippen LogP contribution in [0.1, 0.15) is 37.2 Å². The van der Waals surface area contributed by atoms with Crippen molar-refractivity contribution in [2.75, 3.05) is 6.61 Å². The molecule has 2 aromatic rings. The molecule has 1 saturated carbocycles. The zero-order valence-corrected chi connectivity index (χ0v) is 10.2. The number of fused-ring (bicyclic) bond motifs is 1. The van der Waals surface area contributed by atoms with Crippen molar-refractivity contribution in [1.29, 1.82) is 0 Å². The molecule has 0 bridgehead atoms. The van der Waals surface area contributed by atoms with E-state index in [1.54, 1.807) is 6.07 Å². The summed E-state index contributed by atoms with van der Waals surface area (Å²) in [5.74, 6) is 0.400. The molecule has 1 aromatic carbocycles. The zero-order valence-electron chi connectivity index (χ0n) is 10.2.